The van der Waals surface area contributed by atoms with Crippen LogP contribution >= 0.6 is 38.5 Å². The number of hydrogen-bond acceptors (Lipinski definition) is 2. The summed E-state index contributed by atoms with van der Waals surface area (Å²) in [6, 6.07) is 14.4. The average molecular weight is 418 g/mol. The molecular formula is C14H13BrINO. The molecule has 0 heterocycles. The minimum atomic E-state index is 0.794. The van der Waals surface area contributed by atoms with Gasteiger partial charge in [0.25, 0.3) is 0 Å². The molecule has 0 aromatic heterocycles. The van der Waals surface area contributed by atoms with Gasteiger partial charge in [-0.3, -0.25) is 0 Å². The second-order valence-corrected chi connectivity index (χ2v) is 5.93. The van der Waals surface area contributed by atoms with Crippen LogP contribution in [0.2, 0.25) is 0 Å². The molecular weight excluding hydrogens is 405 g/mol. The zero-order valence-electron chi connectivity index (χ0n) is 9.91. The van der Waals surface area contributed by atoms with E-state index in [-0.39, 0.29) is 0 Å². The molecule has 0 aliphatic carbocycles. The van der Waals surface area contributed by atoms with Crippen LogP contribution in [-0.4, -0.2) is 7.11 Å². The third-order valence-electron chi connectivity index (χ3n) is 2.57. The van der Waals surface area contributed by atoms with Gasteiger partial charge in [0.1, 0.15) is 5.75 Å². The van der Waals surface area contributed by atoms with Crippen molar-refractivity contribution >= 4 is 44.2 Å². The maximum Gasteiger partial charge on any atom is 0.121 e. The molecule has 2 aromatic carbocycles. The number of ether oxygens (including phenoxy) is 1. The van der Waals surface area contributed by atoms with Gasteiger partial charge in [0.15, 0.2) is 0 Å². The highest BCUT2D eigenvalue weighted by atomic mass is 127. The van der Waals surface area contributed by atoms with Crippen LogP contribution < -0.4 is 10.1 Å². The summed E-state index contributed by atoms with van der Waals surface area (Å²) in [7, 11) is 1.67. The van der Waals surface area contributed by atoms with Crippen LogP contribution in [0.5, 0.6) is 5.75 Å². The summed E-state index contributed by atoms with van der Waals surface area (Å²) in [6.07, 6.45) is 0. The normalized spacial score (nSPS) is 10.2. The molecule has 0 saturated carbocycles. The molecule has 0 unspecified atom stereocenters. The lowest BCUT2D eigenvalue weighted by Gasteiger charge is -2.10. The minimum absolute atomic E-state index is 0.794. The topological polar surface area (TPSA) is 21.3 Å². The van der Waals surface area contributed by atoms with Crippen molar-refractivity contribution in [3.8, 4) is 5.75 Å². The molecule has 0 saturated heterocycles. The molecule has 0 aliphatic heterocycles. The van der Waals surface area contributed by atoms with E-state index in [1.54, 1.807) is 7.11 Å². The van der Waals surface area contributed by atoms with Gasteiger partial charge in [0.2, 0.25) is 0 Å². The molecule has 18 heavy (non-hydrogen) atoms. The Kier molecular flexibility index (Phi) is 4.88. The molecule has 0 aliphatic rings. The number of benzene rings is 2. The van der Waals surface area contributed by atoms with Crippen LogP contribution in [0, 0.1) is 3.57 Å². The first-order valence-corrected chi connectivity index (χ1v) is 7.38. The molecule has 0 atom stereocenters. The van der Waals surface area contributed by atoms with E-state index >= 15 is 0 Å². The molecule has 94 valence electrons. The fraction of sp³-hybridized carbons (Fsp3) is 0.143. The molecule has 4 heteroatoms. The van der Waals surface area contributed by atoms with Gasteiger partial charge < -0.3 is 10.1 Å². The number of anilines is 1. The summed E-state index contributed by atoms with van der Waals surface area (Å²) in [5.74, 6) is 0.850. The maximum atomic E-state index is 5.22. The fourth-order valence-corrected chi connectivity index (χ4v) is 2.31. The lowest BCUT2D eigenvalue weighted by Crippen LogP contribution is -2.00. The Morgan fingerprint density at radius 1 is 1.17 bits per heavy atom. The van der Waals surface area contributed by atoms with E-state index in [2.05, 4.69) is 68.1 Å². The van der Waals surface area contributed by atoms with Gasteiger partial charge in [0.05, 0.1) is 12.8 Å². The van der Waals surface area contributed by atoms with Gasteiger partial charge >= 0.3 is 0 Å². The lowest BCUT2D eigenvalue weighted by atomic mass is 10.2. The lowest BCUT2D eigenvalue weighted by molar-refractivity contribution is 0.415. The van der Waals surface area contributed by atoms with Crippen LogP contribution in [0.1, 0.15) is 5.56 Å². The first kappa shape index (κ1) is 13.7. The third-order valence-corrected chi connectivity index (χ3v) is 3.98. The largest absolute Gasteiger partial charge is 0.497 e. The molecule has 1 N–H and O–H groups in total. The van der Waals surface area contributed by atoms with Crippen molar-refractivity contribution in [1.29, 1.82) is 0 Å². The van der Waals surface area contributed by atoms with Crippen molar-refractivity contribution in [3.63, 3.8) is 0 Å². The summed E-state index contributed by atoms with van der Waals surface area (Å²) >= 11 is 5.83. The van der Waals surface area contributed by atoms with Crippen LogP contribution in [0.25, 0.3) is 0 Å². The Balaban J connectivity index is 2.07. The fourth-order valence-electron chi connectivity index (χ4n) is 1.57. The van der Waals surface area contributed by atoms with E-state index in [1.807, 2.05) is 18.2 Å². The molecule has 0 spiro atoms. The zero-order chi connectivity index (χ0) is 13.0. The Morgan fingerprint density at radius 3 is 2.56 bits per heavy atom. The predicted octanol–water partition coefficient (Wildman–Crippen LogP) is 4.67. The number of nitrogens with one attached hydrogen (secondary N) is 1. The Labute approximate surface area is 129 Å². The first-order valence-electron chi connectivity index (χ1n) is 5.51. The van der Waals surface area contributed by atoms with Gasteiger partial charge in [-0.15, -0.1) is 0 Å². The summed E-state index contributed by atoms with van der Waals surface area (Å²) in [5.41, 5.74) is 2.29. The van der Waals surface area contributed by atoms with E-state index in [9.17, 15) is 0 Å². The average Bonchev–Trinajstić information content (AvgIpc) is 2.40. The molecule has 0 radical (unpaired) electrons. The first-order chi connectivity index (χ1) is 8.69. The van der Waals surface area contributed by atoms with Crippen LogP contribution in [0.15, 0.2) is 46.9 Å². The van der Waals surface area contributed by atoms with Gasteiger partial charge in [-0.1, -0.05) is 12.1 Å². The Morgan fingerprint density at radius 2 is 1.89 bits per heavy atom. The summed E-state index contributed by atoms with van der Waals surface area (Å²) < 4.78 is 7.50. The Bertz CT molecular complexity index is 528. The standard InChI is InChI=1S/C14H13BrINO/c1-18-12-6-7-13(15)14(8-12)17-9-10-2-4-11(16)5-3-10/h2-8,17H,9H2,1H3. The van der Waals surface area contributed by atoms with E-state index in [1.165, 1.54) is 9.13 Å². The molecule has 0 fully saturated rings. The summed E-state index contributed by atoms with van der Waals surface area (Å²) in [5, 5.41) is 3.39. The minimum Gasteiger partial charge on any atom is -0.497 e. The van der Waals surface area contributed by atoms with Crippen molar-refractivity contribution in [3.05, 3.63) is 56.1 Å². The van der Waals surface area contributed by atoms with Gasteiger partial charge in [-0.05, 0) is 68.3 Å². The van der Waals surface area contributed by atoms with Crippen molar-refractivity contribution < 1.29 is 4.74 Å². The molecule has 2 aromatic rings. The molecule has 2 nitrogen and oxygen atoms in total. The van der Waals surface area contributed by atoms with Crippen LogP contribution in [0.4, 0.5) is 5.69 Å². The summed E-state index contributed by atoms with van der Waals surface area (Å²) in [4.78, 5) is 0. The smallest absolute Gasteiger partial charge is 0.121 e. The zero-order valence-corrected chi connectivity index (χ0v) is 13.7. The van der Waals surface area contributed by atoms with Crippen molar-refractivity contribution in [1.82, 2.24) is 0 Å². The predicted molar refractivity (Wildman–Crippen MR) is 87.2 cm³/mol. The molecule has 0 amide bonds. The van der Waals surface area contributed by atoms with Gasteiger partial charge in [-0.25, -0.2) is 0 Å². The highest BCUT2D eigenvalue weighted by Crippen LogP contribution is 2.27. The Hall–Kier alpha value is -0.750. The molecule has 2 rings (SSSR count). The maximum absolute atomic E-state index is 5.22. The summed E-state index contributed by atoms with van der Waals surface area (Å²) in [6.45, 7) is 0.794. The quantitative estimate of drug-likeness (QED) is 0.729. The van der Waals surface area contributed by atoms with E-state index < -0.39 is 0 Å². The second-order valence-electron chi connectivity index (χ2n) is 3.83. The molecule has 0 bridgehead atoms. The number of methoxy groups -OCH3 is 1. The third kappa shape index (κ3) is 3.62. The van der Waals surface area contributed by atoms with Crippen molar-refractivity contribution in [2.45, 2.75) is 6.54 Å². The van der Waals surface area contributed by atoms with Crippen LogP contribution in [-0.2, 0) is 6.54 Å². The van der Waals surface area contributed by atoms with E-state index in [0.717, 1.165) is 22.5 Å². The number of rotatable bonds is 4. The second kappa shape index (κ2) is 6.43. The van der Waals surface area contributed by atoms with Gasteiger partial charge in [0, 0.05) is 20.7 Å². The number of hydrogen-bond donors (Lipinski definition) is 1. The monoisotopic (exact) mass is 417 g/mol. The van der Waals surface area contributed by atoms with E-state index in [4.69, 9.17) is 4.74 Å². The van der Waals surface area contributed by atoms with Crippen molar-refractivity contribution in [2.75, 3.05) is 12.4 Å². The highest BCUT2D eigenvalue weighted by Gasteiger charge is 2.02. The van der Waals surface area contributed by atoms with Crippen molar-refractivity contribution in [2.24, 2.45) is 0 Å². The van der Waals surface area contributed by atoms with Crippen LogP contribution in [0.3, 0.4) is 0 Å². The van der Waals surface area contributed by atoms with E-state index in [0.29, 0.717) is 0 Å². The highest BCUT2D eigenvalue weighted by molar-refractivity contribution is 14.1. The van der Waals surface area contributed by atoms with Gasteiger partial charge in [-0.2, -0.15) is 0 Å². The number of halogens is 2. The SMILES string of the molecule is COc1ccc(Br)c(NCc2ccc(I)cc2)c1.